The molecule has 9 heteroatoms. The first-order valence-corrected chi connectivity index (χ1v) is 9.20. The van der Waals surface area contributed by atoms with E-state index in [1.807, 2.05) is 0 Å². The molecule has 0 aliphatic heterocycles. The lowest BCUT2D eigenvalue weighted by atomic mass is 10.1. The van der Waals surface area contributed by atoms with Crippen molar-refractivity contribution < 1.29 is 21.6 Å². The Balaban J connectivity index is 2.32. The topological polar surface area (TPSA) is 62.3 Å². The van der Waals surface area contributed by atoms with E-state index in [9.17, 15) is 21.6 Å². The van der Waals surface area contributed by atoms with Crippen LogP contribution in [0.1, 0.15) is 29.8 Å². The zero-order valence-electron chi connectivity index (χ0n) is 14.8. The average Bonchev–Trinajstić information content (AvgIpc) is 2.53. The molecular weight excluding hydrogens is 367 g/mol. The Labute approximate surface area is 150 Å². The van der Waals surface area contributed by atoms with Gasteiger partial charge in [0.25, 0.3) is 0 Å². The molecule has 142 valence electrons. The number of hydrogen-bond donors (Lipinski definition) is 1. The van der Waals surface area contributed by atoms with E-state index < -0.39 is 27.8 Å². The smallest absolute Gasteiger partial charge is 0.364 e. The van der Waals surface area contributed by atoms with Crippen LogP contribution in [0.4, 0.5) is 19.0 Å². The minimum absolute atomic E-state index is 0.0747. The Kier molecular flexibility index (Phi) is 5.62. The number of halogens is 3. The number of alkyl halides is 3. The second-order valence-corrected chi connectivity index (χ2v) is 8.26. The van der Waals surface area contributed by atoms with Gasteiger partial charge in [0.2, 0.25) is 10.0 Å². The van der Waals surface area contributed by atoms with Gasteiger partial charge in [0.1, 0.15) is 5.82 Å². The van der Waals surface area contributed by atoms with E-state index in [2.05, 4.69) is 10.3 Å². The molecule has 1 atom stereocenters. The molecule has 1 unspecified atom stereocenters. The lowest BCUT2D eigenvalue weighted by Gasteiger charge is -2.18. The molecule has 2 aromatic rings. The monoisotopic (exact) mass is 387 g/mol. The van der Waals surface area contributed by atoms with Crippen LogP contribution in [0.2, 0.25) is 0 Å². The van der Waals surface area contributed by atoms with Crippen molar-refractivity contribution in [2.75, 3.05) is 19.4 Å². The standard InChI is InChI=1S/C17H20F3N3O2S/c1-11-8-14(17(18,19)20)10-16(21-11)22-12(2)13-6-5-7-15(9-13)26(24,25)23(3)4/h5-10,12H,1-4H3,(H,21,22). The van der Waals surface area contributed by atoms with E-state index in [1.54, 1.807) is 19.1 Å². The Morgan fingerprint density at radius 3 is 2.38 bits per heavy atom. The van der Waals surface area contributed by atoms with Crippen LogP contribution in [0, 0.1) is 6.92 Å². The first kappa shape index (κ1) is 20.2. The van der Waals surface area contributed by atoms with Crippen molar-refractivity contribution in [1.29, 1.82) is 0 Å². The van der Waals surface area contributed by atoms with Crippen molar-refractivity contribution in [3.05, 3.63) is 53.2 Å². The van der Waals surface area contributed by atoms with E-state index in [0.29, 0.717) is 5.56 Å². The Morgan fingerprint density at radius 1 is 1.15 bits per heavy atom. The molecule has 0 aliphatic carbocycles. The van der Waals surface area contributed by atoms with Crippen LogP contribution in [0.3, 0.4) is 0 Å². The largest absolute Gasteiger partial charge is 0.416 e. The highest BCUT2D eigenvalue weighted by Crippen LogP contribution is 2.31. The number of sulfonamides is 1. The molecule has 1 aromatic heterocycles. The quantitative estimate of drug-likeness (QED) is 0.847. The average molecular weight is 387 g/mol. The second-order valence-electron chi connectivity index (χ2n) is 6.11. The normalized spacial score (nSPS) is 13.7. The number of nitrogens with zero attached hydrogens (tertiary/aromatic N) is 2. The molecule has 5 nitrogen and oxygen atoms in total. The van der Waals surface area contributed by atoms with E-state index in [4.69, 9.17) is 0 Å². The third-order valence-corrected chi connectivity index (χ3v) is 5.59. The van der Waals surface area contributed by atoms with Crippen LogP contribution in [-0.2, 0) is 16.2 Å². The minimum Gasteiger partial charge on any atom is -0.364 e. The summed E-state index contributed by atoms with van der Waals surface area (Å²) in [5.74, 6) is 0.0747. The summed E-state index contributed by atoms with van der Waals surface area (Å²) in [7, 11) is -0.738. The molecule has 0 fully saturated rings. The summed E-state index contributed by atoms with van der Waals surface area (Å²) in [5.41, 5.74) is 0.0619. The van der Waals surface area contributed by atoms with Gasteiger partial charge in [0, 0.05) is 25.8 Å². The van der Waals surface area contributed by atoms with Crippen LogP contribution in [0.15, 0.2) is 41.3 Å². The van der Waals surface area contributed by atoms with Gasteiger partial charge in [-0.25, -0.2) is 17.7 Å². The molecule has 0 amide bonds. The molecule has 1 heterocycles. The first-order valence-electron chi connectivity index (χ1n) is 7.76. The molecule has 0 saturated heterocycles. The summed E-state index contributed by atoms with van der Waals surface area (Å²) in [6.07, 6.45) is -4.47. The summed E-state index contributed by atoms with van der Waals surface area (Å²) in [5, 5.41) is 2.90. The third kappa shape index (κ3) is 4.53. The van der Waals surface area contributed by atoms with Gasteiger partial charge in [-0.3, -0.25) is 0 Å². The molecule has 0 saturated carbocycles. The van der Waals surface area contributed by atoms with E-state index >= 15 is 0 Å². The maximum Gasteiger partial charge on any atom is 0.416 e. The number of nitrogens with one attached hydrogen (secondary N) is 1. The van der Waals surface area contributed by atoms with Gasteiger partial charge < -0.3 is 5.32 Å². The summed E-state index contributed by atoms with van der Waals surface area (Å²) < 4.78 is 64.4. The van der Waals surface area contributed by atoms with Crippen LogP contribution in [-0.4, -0.2) is 31.8 Å². The number of pyridine rings is 1. The molecule has 0 bridgehead atoms. The maximum atomic E-state index is 12.9. The highest BCUT2D eigenvalue weighted by molar-refractivity contribution is 7.89. The van der Waals surface area contributed by atoms with Gasteiger partial charge >= 0.3 is 6.18 Å². The molecule has 0 aliphatic rings. The number of aromatic nitrogens is 1. The van der Waals surface area contributed by atoms with Crippen LogP contribution < -0.4 is 5.32 Å². The number of hydrogen-bond acceptors (Lipinski definition) is 4. The van der Waals surface area contributed by atoms with Crippen molar-refractivity contribution in [1.82, 2.24) is 9.29 Å². The lowest BCUT2D eigenvalue weighted by molar-refractivity contribution is -0.137. The fourth-order valence-corrected chi connectivity index (χ4v) is 3.32. The van der Waals surface area contributed by atoms with Gasteiger partial charge in [0.15, 0.2) is 0 Å². The lowest BCUT2D eigenvalue weighted by Crippen LogP contribution is -2.22. The summed E-state index contributed by atoms with van der Waals surface area (Å²) in [6.45, 7) is 3.20. The molecule has 26 heavy (non-hydrogen) atoms. The fourth-order valence-electron chi connectivity index (χ4n) is 2.37. The SMILES string of the molecule is Cc1cc(C(F)(F)F)cc(NC(C)c2cccc(S(=O)(=O)N(C)C)c2)n1. The van der Waals surface area contributed by atoms with Crippen molar-refractivity contribution in [2.45, 2.75) is 31.0 Å². The molecule has 1 aromatic carbocycles. The van der Waals surface area contributed by atoms with Crippen molar-refractivity contribution in [2.24, 2.45) is 0 Å². The summed E-state index contributed by atoms with van der Waals surface area (Å²) >= 11 is 0. The minimum atomic E-state index is -4.47. The molecule has 2 rings (SSSR count). The number of rotatable bonds is 5. The summed E-state index contributed by atoms with van der Waals surface area (Å²) in [4.78, 5) is 4.19. The highest BCUT2D eigenvalue weighted by atomic mass is 32.2. The van der Waals surface area contributed by atoms with Gasteiger partial charge in [-0.2, -0.15) is 13.2 Å². The van der Waals surface area contributed by atoms with Crippen LogP contribution >= 0.6 is 0 Å². The van der Waals surface area contributed by atoms with Gasteiger partial charge in [-0.15, -0.1) is 0 Å². The molecular formula is C17H20F3N3O2S. The van der Waals surface area contributed by atoms with Crippen molar-refractivity contribution in [3.63, 3.8) is 0 Å². The molecule has 0 radical (unpaired) electrons. The van der Waals surface area contributed by atoms with E-state index in [0.717, 1.165) is 16.4 Å². The zero-order chi connectivity index (χ0) is 19.7. The predicted octanol–water partition coefficient (Wildman–Crippen LogP) is 3.83. The first-order chi connectivity index (χ1) is 11.9. The number of anilines is 1. The van der Waals surface area contributed by atoms with Gasteiger partial charge in [0.05, 0.1) is 10.5 Å². The number of aryl methyl sites for hydroxylation is 1. The van der Waals surface area contributed by atoms with Crippen molar-refractivity contribution >= 4 is 15.8 Å². The van der Waals surface area contributed by atoms with Crippen LogP contribution in [0.25, 0.3) is 0 Å². The maximum absolute atomic E-state index is 12.9. The molecule has 0 spiro atoms. The predicted molar refractivity (Wildman–Crippen MR) is 93.3 cm³/mol. The Bertz CT molecular complexity index is 896. The van der Waals surface area contributed by atoms with Gasteiger partial charge in [-0.1, -0.05) is 12.1 Å². The van der Waals surface area contributed by atoms with Crippen molar-refractivity contribution in [3.8, 4) is 0 Å². The van der Waals surface area contributed by atoms with Gasteiger partial charge in [-0.05, 0) is 43.7 Å². The Morgan fingerprint density at radius 2 is 1.81 bits per heavy atom. The number of benzene rings is 1. The van der Waals surface area contributed by atoms with E-state index in [1.165, 1.54) is 33.2 Å². The van der Waals surface area contributed by atoms with Crippen LogP contribution in [0.5, 0.6) is 0 Å². The fraction of sp³-hybridized carbons (Fsp3) is 0.353. The second kappa shape index (κ2) is 7.24. The van der Waals surface area contributed by atoms with E-state index in [-0.39, 0.29) is 16.4 Å². The molecule has 1 N–H and O–H groups in total. The highest BCUT2D eigenvalue weighted by Gasteiger charge is 2.31. The zero-order valence-corrected chi connectivity index (χ0v) is 15.6. The summed E-state index contributed by atoms with van der Waals surface area (Å²) in [6, 6.07) is 7.72. The Hall–Kier alpha value is -2.13. The third-order valence-electron chi connectivity index (χ3n) is 3.78.